The molecule has 0 aromatic heterocycles. The quantitative estimate of drug-likeness (QED) is 0.344. The minimum atomic E-state index is -3.23. The lowest BCUT2D eigenvalue weighted by Crippen LogP contribution is -2.44. The summed E-state index contributed by atoms with van der Waals surface area (Å²) in [5.74, 6) is 0.502. The third-order valence-electron chi connectivity index (χ3n) is 4.92. The Hall–Kier alpha value is -2.14. The first-order valence-electron chi connectivity index (χ1n) is 9.42. The number of para-hydroxylation sites is 1. The summed E-state index contributed by atoms with van der Waals surface area (Å²) in [5.41, 5.74) is 3.80. The Morgan fingerprint density at radius 3 is 2.57 bits per heavy atom. The first-order valence-corrected chi connectivity index (χ1v) is 11.3. The maximum absolute atomic E-state index is 12.6. The number of carbonyl (C=O) groups is 1. The summed E-state index contributed by atoms with van der Waals surface area (Å²) in [7, 11) is -1.59. The highest BCUT2D eigenvalue weighted by Gasteiger charge is 2.23. The van der Waals surface area contributed by atoms with E-state index in [1.54, 1.807) is 31.0 Å². The molecule has 0 bridgehead atoms. The SMILES string of the molecule is CN=C(NCC(=O)N1CCc2ccccc21)NCc1ccc(S(C)(=O)=O)c(C)c1.I. The van der Waals surface area contributed by atoms with Crippen LogP contribution in [0.15, 0.2) is 52.4 Å². The molecule has 0 atom stereocenters. The van der Waals surface area contributed by atoms with Gasteiger partial charge >= 0.3 is 0 Å². The zero-order valence-electron chi connectivity index (χ0n) is 17.3. The lowest BCUT2D eigenvalue weighted by molar-refractivity contribution is -0.117. The molecule has 3 rings (SSSR count). The first-order chi connectivity index (χ1) is 13.8. The smallest absolute Gasteiger partial charge is 0.246 e. The van der Waals surface area contributed by atoms with Gasteiger partial charge in [-0.1, -0.05) is 30.3 Å². The molecule has 2 aromatic carbocycles. The summed E-state index contributed by atoms with van der Waals surface area (Å²) in [6.07, 6.45) is 2.08. The molecule has 30 heavy (non-hydrogen) atoms. The van der Waals surface area contributed by atoms with Crippen molar-refractivity contribution in [3.05, 3.63) is 59.2 Å². The van der Waals surface area contributed by atoms with E-state index >= 15 is 0 Å². The number of benzene rings is 2. The van der Waals surface area contributed by atoms with Crippen LogP contribution >= 0.6 is 24.0 Å². The molecule has 0 saturated heterocycles. The number of aliphatic imine (C=N–C) groups is 1. The molecule has 162 valence electrons. The third kappa shape index (κ3) is 5.72. The number of halogens is 1. The number of rotatable bonds is 5. The van der Waals surface area contributed by atoms with Gasteiger partial charge in [-0.2, -0.15) is 0 Å². The standard InChI is InChI=1S/C21H26N4O3S.HI/c1-15-12-16(8-9-19(15)29(3,27)28)13-23-21(22-2)24-14-20(26)25-11-10-17-6-4-5-7-18(17)25;/h4-9,12H,10-11,13-14H2,1-3H3,(H2,22,23,24);1H. The van der Waals surface area contributed by atoms with Gasteiger partial charge in [0.25, 0.3) is 0 Å². The molecule has 1 aliphatic heterocycles. The molecular weight excluding hydrogens is 515 g/mol. The average Bonchev–Trinajstić information content (AvgIpc) is 3.11. The summed E-state index contributed by atoms with van der Waals surface area (Å²) in [5, 5.41) is 6.20. The second kappa shape index (κ2) is 10.3. The van der Waals surface area contributed by atoms with E-state index in [1.807, 2.05) is 30.3 Å². The molecule has 2 aromatic rings. The fourth-order valence-corrected chi connectivity index (χ4v) is 4.45. The Morgan fingerprint density at radius 2 is 1.90 bits per heavy atom. The van der Waals surface area contributed by atoms with E-state index in [2.05, 4.69) is 15.6 Å². The minimum Gasteiger partial charge on any atom is -0.352 e. The highest BCUT2D eigenvalue weighted by molar-refractivity contribution is 14.0. The molecule has 0 radical (unpaired) electrons. The van der Waals surface area contributed by atoms with Crippen molar-refractivity contribution in [2.45, 2.75) is 24.8 Å². The van der Waals surface area contributed by atoms with Gasteiger partial charge in [0.15, 0.2) is 15.8 Å². The predicted octanol–water partition coefficient (Wildman–Crippen LogP) is 2.27. The number of nitrogens with one attached hydrogen (secondary N) is 2. The van der Waals surface area contributed by atoms with Gasteiger partial charge in [-0.25, -0.2) is 8.42 Å². The van der Waals surface area contributed by atoms with Crippen LogP contribution in [0.1, 0.15) is 16.7 Å². The fourth-order valence-electron chi connectivity index (χ4n) is 3.50. The lowest BCUT2D eigenvalue weighted by atomic mass is 10.1. The molecule has 1 amide bonds. The van der Waals surface area contributed by atoms with Crippen LogP contribution in [0.5, 0.6) is 0 Å². The monoisotopic (exact) mass is 542 g/mol. The highest BCUT2D eigenvalue weighted by Crippen LogP contribution is 2.27. The molecule has 1 heterocycles. The lowest BCUT2D eigenvalue weighted by Gasteiger charge is -2.19. The number of hydrogen-bond acceptors (Lipinski definition) is 4. The number of guanidine groups is 1. The van der Waals surface area contributed by atoms with E-state index in [9.17, 15) is 13.2 Å². The van der Waals surface area contributed by atoms with Gasteiger partial charge in [0.2, 0.25) is 5.91 Å². The third-order valence-corrected chi connectivity index (χ3v) is 6.17. The summed E-state index contributed by atoms with van der Waals surface area (Å²) in [6, 6.07) is 13.2. The Bertz CT molecular complexity index is 1050. The molecule has 2 N–H and O–H groups in total. The number of carbonyl (C=O) groups excluding carboxylic acids is 1. The Labute approximate surface area is 194 Å². The summed E-state index contributed by atoms with van der Waals surface area (Å²) >= 11 is 0. The second-order valence-electron chi connectivity index (χ2n) is 7.08. The highest BCUT2D eigenvalue weighted by atomic mass is 127. The van der Waals surface area contributed by atoms with Gasteiger partial charge in [0, 0.05) is 32.1 Å². The number of hydrogen-bond donors (Lipinski definition) is 2. The molecule has 0 saturated carbocycles. The maximum atomic E-state index is 12.6. The number of anilines is 1. The van der Waals surface area contributed by atoms with E-state index in [1.165, 1.54) is 11.8 Å². The fraction of sp³-hybridized carbons (Fsp3) is 0.333. The van der Waals surface area contributed by atoms with E-state index < -0.39 is 9.84 Å². The van der Waals surface area contributed by atoms with Gasteiger partial charge in [-0.15, -0.1) is 24.0 Å². The van der Waals surface area contributed by atoms with Crippen LogP contribution in [0.3, 0.4) is 0 Å². The molecular formula is C21H27IN4O3S. The molecule has 0 fully saturated rings. The molecule has 0 aliphatic carbocycles. The van der Waals surface area contributed by atoms with Crippen molar-refractivity contribution in [1.29, 1.82) is 0 Å². The summed E-state index contributed by atoms with van der Waals surface area (Å²) in [4.78, 5) is 18.9. The largest absolute Gasteiger partial charge is 0.352 e. The molecule has 0 unspecified atom stereocenters. The van der Waals surface area contributed by atoms with E-state index in [0.29, 0.717) is 29.5 Å². The molecule has 0 spiro atoms. The number of nitrogens with zero attached hydrogens (tertiary/aromatic N) is 2. The molecule has 1 aliphatic rings. The van der Waals surface area contributed by atoms with Crippen LogP contribution in [-0.2, 0) is 27.6 Å². The Balaban J connectivity index is 0.00000320. The number of fused-ring (bicyclic) bond motifs is 1. The van der Waals surface area contributed by atoms with Crippen molar-refractivity contribution >= 4 is 51.4 Å². The van der Waals surface area contributed by atoms with Gasteiger partial charge < -0.3 is 15.5 Å². The zero-order valence-corrected chi connectivity index (χ0v) is 20.5. The van der Waals surface area contributed by atoms with Crippen molar-refractivity contribution in [3.63, 3.8) is 0 Å². The van der Waals surface area contributed by atoms with Gasteiger partial charge in [0.1, 0.15) is 0 Å². The Kier molecular flexibility index (Phi) is 8.25. The van der Waals surface area contributed by atoms with Crippen LogP contribution in [0.4, 0.5) is 5.69 Å². The van der Waals surface area contributed by atoms with Crippen LogP contribution in [-0.4, -0.2) is 46.7 Å². The number of amides is 1. The van der Waals surface area contributed by atoms with E-state index in [-0.39, 0.29) is 36.4 Å². The van der Waals surface area contributed by atoms with Gasteiger partial charge in [-0.3, -0.25) is 9.79 Å². The van der Waals surface area contributed by atoms with Gasteiger partial charge in [0.05, 0.1) is 11.4 Å². The Morgan fingerprint density at radius 1 is 1.17 bits per heavy atom. The normalized spacial score (nSPS) is 13.4. The predicted molar refractivity (Wildman–Crippen MR) is 130 cm³/mol. The van der Waals surface area contributed by atoms with Crippen LogP contribution in [0.2, 0.25) is 0 Å². The topological polar surface area (TPSA) is 90.9 Å². The van der Waals surface area contributed by atoms with E-state index in [0.717, 1.165) is 17.7 Å². The van der Waals surface area contributed by atoms with Crippen LogP contribution < -0.4 is 15.5 Å². The van der Waals surface area contributed by atoms with Crippen LogP contribution in [0, 0.1) is 6.92 Å². The van der Waals surface area contributed by atoms with Crippen molar-refractivity contribution in [2.75, 3.05) is 31.3 Å². The van der Waals surface area contributed by atoms with Gasteiger partial charge in [-0.05, 0) is 42.2 Å². The van der Waals surface area contributed by atoms with Crippen molar-refractivity contribution < 1.29 is 13.2 Å². The number of aryl methyl sites for hydroxylation is 1. The van der Waals surface area contributed by atoms with Crippen LogP contribution in [0.25, 0.3) is 0 Å². The van der Waals surface area contributed by atoms with Crippen molar-refractivity contribution in [3.8, 4) is 0 Å². The second-order valence-corrected chi connectivity index (χ2v) is 9.06. The summed E-state index contributed by atoms with van der Waals surface area (Å²) < 4.78 is 23.5. The van der Waals surface area contributed by atoms with Crippen molar-refractivity contribution in [1.82, 2.24) is 10.6 Å². The maximum Gasteiger partial charge on any atom is 0.246 e. The minimum absolute atomic E-state index is 0. The summed E-state index contributed by atoms with van der Waals surface area (Å²) in [6.45, 7) is 3.07. The number of sulfone groups is 1. The zero-order chi connectivity index (χ0) is 21.0. The molecule has 9 heteroatoms. The van der Waals surface area contributed by atoms with Crippen molar-refractivity contribution in [2.24, 2.45) is 4.99 Å². The average molecular weight is 542 g/mol. The van der Waals surface area contributed by atoms with E-state index in [4.69, 9.17) is 0 Å². The molecule has 7 nitrogen and oxygen atoms in total. The first kappa shape index (κ1) is 24.1.